The molecule has 4 N–H and O–H groups in total. The van der Waals surface area contributed by atoms with E-state index in [-0.39, 0.29) is 19.1 Å². The number of anilines is 2. The Kier molecular flexibility index (Phi) is 9.27. The fourth-order valence-electron chi connectivity index (χ4n) is 4.48. The van der Waals surface area contributed by atoms with Crippen LogP contribution in [0.4, 0.5) is 16.2 Å². The van der Waals surface area contributed by atoms with Crippen molar-refractivity contribution in [3.63, 3.8) is 0 Å². The van der Waals surface area contributed by atoms with Gasteiger partial charge in [0, 0.05) is 17.7 Å². The van der Waals surface area contributed by atoms with E-state index in [9.17, 15) is 9.59 Å². The molecular weight excluding hydrogens is 518 g/mol. The Morgan fingerprint density at radius 1 is 0.878 bits per heavy atom. The molecule has 41 heavy (non-hydrogen) atoms. The summed E-state index contributed by atoms with van der Waals surface area (Å²) in [5.74, 6) is 0.722. The lowest BCUT2D eigenvalue weighted by molar-refractivity contribution is 0.102. The van der Waals surface area contributed by atoms with Crippen LogP contribution < -0.4 is 25.8 Å². The Morgan fingerprint density at radius 3 is 2.27 bits per heavy atom. The molecule has 0 aromatic heterocycles. The van der Waals surface area contributed by atoms with Crippen LogP contribution >= 0.6 is 0 Å². The number of nitrogens with two attached hydrogens (primary N) is 1. The standard InChI is InChI=1S/C33H33N3O5/c1-5-18-41-33(38)35-20-24-14-16-25(32(37)36-27-9-7-6-8-26(27)34)31(30(24)22-12-10-21(2)11-13-22)23-15-17-28(39-3)29(19-23)40-4/h5-17,19H,1,18,20,34H2,2-4H3,(H,35,38)(H,36,37). The monoisotopic (exact) mass is 551 g/mol. The van der Waals surface area contributed by atoms with Crippen LogP contribution in [0.5, 0.6) is 11.5 Å². The number of ether oxygens (including phenoxy) is 3. The number of para-hydroxylation sites is 2. The van der Waals surface area contributed by atoms with Crippen molar-refractivity contribution in [3.05, 3.63) is 108 Å². The van der Waals surface area contributed by atoms with Gasteiger partial charge in [-0.15, -0.1) is 0 Å². The Bertz CT molecular complexity index is 1560. The zero-order chi connectivity index (χ0) is 29.4. The molecule has 0 saturated carbocycles. The Labute approximate surface area is 239 Å². The number of methoxy groups -OCH3 is 2. The Balaban J connectivity index is 1.94. The van der Waals surface area contributed by atoms with Gasteiger partial charge in [-0.1, -0.05) is 66.7 Å². The minimum atomic E-state index is -0.575. The van der Waals surface area contributed by atoms with Gasteiger partial charge >= 0.3 is 6.09 Å². The summed E-state index contributed by atoms with van der Waals surface area (Å²) in [5, 5.41) is 5.75. The lowest BCUT2D eigenvalue weighted by atomic mass is 9.86. The van der Waals surface area contributed by atoms with Crippen LogP contribution in [0, 0.1) is 6.92 Å². The highest BCUT2D eigenvalue weighted by Crippen LogP contribution is 2.41. The summed E-state index contributed by atoms with van der Waals surface area (Å²) >= 11 is 0. The number of hydrogen-bond donors (Lipinski definition) is 3. The van der Waals surface area contributed by atoms with Crippen LogP contribution in [0.3, 0.4) is 0 Å². The summed E-state index contributed by atoms with van der Waals surface area (Å²) in [6, 6.07) is 24.1. The number of rotatable bonds is 10. The summed E-state index contributed by atoms with van der Waals surface area (Å²) in [7, 11) is 3.12. The smallest absolute Gasteiger partial charge is 0.407 e. The third kappa shape index (κ3) is 6.67. The van der Waals surface area contributed by atoms with Gasteiger partial charge in [-0.2, -0.15) is 0 Å². The molecule has 0 spiro atoms. The first-order chi connectivity index (χ1) is 19.9. The van der Waals surface area contributed by atoms with Crippen LogP contribution in [-0.2, 0) is 11.3 Å². The first-order valence-corrected chi connectivity index (χ1v) is 13.0. The molecule has 8 heteroatoms. The molecule has 0 fully saturated rings. The minimum absolute atomic E-state index is 0.0925. The van der Waals surface area contributed by atoms with Crippen molar-refractivity contribution in [3.8, 4) is 33.8 Å². The van der Waals surface area contributed by atoms with E-state index >= 15 is 0 Å². The van der Waals surface area contributed by atoms with E-state index in [1.54, 1.807) is 50.6 Å². The third-order valence-corrected chi connectivity index (χ3v) is 6.51. The SMILES string of the molecule is C=CCOC(=O)NCc1ccc(C(=O)Nc2ccccc2N)c(-c2ccc(OC)c(OC)c2)c1-c1ccc(C)cc1. The average Bonchev–Trinajstić information content (AvgIpc) is 2.99. The molecule has 210 valence electrons. The largest absolute Gasteiger partial charge is 0.493 e. The van der Waals surface area contributed by atoms with Crippen LogP contribution in [-0.4, -0.2) is 32.8 Å². The van der Waals surface area contributed by atoms with Crippen molar-refractivity contribution in [1.82, 2.24) is 5.32 Å². The van der Waals surface area contributed by atoms with Gasteiger partial charge in [-0.3, -0.25) is 4.79 Å². The van der Waals surface area contributed by atoms with E-state index in [2.05, 4.69) is 17.2 Å². The van der Waals surface area contributed by atoms with Crippen molar-refractivity contribution in [1.29, 1.82) is 0 Å². The molecular formula is C33H33N3O5. The zero-order valence-electron chi connectivity index (χ0n) is 23.3. The van der Waals surface area contributed by atoms with E-state index in [0.29, 0.717) is 34.0 Å². The molecule has 0 radical (unpaired) electrons. The topological polar surface area (TPSA) is 112 Å². The molecule has 4 aromatic rings. The van der Waals surface area contributed by atoms with Gasteiger partial charge in [0.05, 0.1) is 25.6 Å². The Hall–Kier alpha value is -5.24. The van der Waals surface area contributed by atoms with E-state index in [1.165, 1.54) is 6.08 Å². The Morgan fingerprint density at radius 2 is 1.59 bits per heavy atom. The number of nitrogen functional groups attached to an aromatic ring is 1. The van der Waals surface area contributed by atoms with Crippen LogP contribution in [0.2, 0.25) is 0 Å². The predicted molar refractivity (Wildman–Crippen MR) is 162 cm³/mol. The molecule has 8 nitrogen and oxygen atoms in total. The number of carbonyl (C=O) groups excluding carboxylic acids is 2. The molecule has 0 saturated heterocycles. The van der Waals surface area contributed by atoms with Gasteiger partial charge in [0.15, 0.2) is 11.5 Å². The second kappa shape index (κ2) is 13.2. The van der Waals surface area contributed by atoms with Crippen molar-refractivity contribution in [2.24, 2.45) is 0 Å². The fourth-order valence-corrected chi connectivity index (χ4v) is 4.48. The number of aryl methyl sites for hydroxylation is 1. The van der Waals surface area contributed by atoms with Crippen molar-refractivity contribution in [2.75, 3.05) is 31.9 Å². The van der Waals surface area contributed by atoms with Crippen molar-refractivity contribution >= 4 is 23.4 Å². The lowest BCUT2D eigenvalue weighted by Crippen LogP contribution is -2.24. The van der Waals surface area contributed by atoms with E-state index in [4.69, 9.17) is 19.9 Å². The van der Waals surface area contributed by atoms with E-state index < -0.39 is 6.09 Å². The number of nitrogens with one attached hydrogen (secondary N) is 2. The minimum Gasteiger partial charge on any atom is -0.493 e. The van der Waals surface area contributed by atoms with Gasteiger partial charge in [-0.25, -0.2) is 4.79 Å². The molecule has 0 aliphatic heterocycles. The molecule has 0 heterocycles. The van der Waals surface area contributed by atoms with Crippen LogP contribution in [0.1, 0.15) is 21.5 Å². The number of hydrogen-bond acceptors (Lipinski definition) is 6. The van der Waals surface area contributed by atoms with Gasteiger partial charge in [0.1, 0.15) is 6.61 Å². The maximum absolute atomic E-state index is 13.8. The number of carbonyl (C=O) groups is 2. The first kappa shape index (κ1) is 28.8. The summed E-state index contributed by atoms with van der Waals surface area (Å²) in [5.41, 5.74) is 12.4. The summed E-state index contributed by atoms with van der Waals surface area (Å²) in [4.78, 5) is 26.1. The fraction of sp³-hybridized carbons (Fsp3) is 0.152. The normalized spacial score (nSPS) is 10.4. The second-order valence-corrected chi connectivity index (χ2v) is 9.24. The number of amides is 2. The molecule has 0 bridgehead atoms. The maximum atomic E-state index is 13.8. The maximum Gasteiger partial charge on any atom is 0.407 e. The zero-order valence-corrected chi connectivity index (χ0v) is 23.3. The molecule has 2 amide bonds. The molecule has 4 aromatic carbocycles. The predicted octanol–water partition coefficient (Wildman–Crippen LogP) is 6.59. The number of alkyl carbamates (subject to hydrolysis) is 1. The molecule has 0 aliphatic rings. The quantitative estimate of drug-likeness (QED) is 0.151. The molecule has 0 unspecified atom stereocenters. The summed E-state index contributed by atoms with van der Waals surface area (Å²) in [6.45, 7) is 5.83. The van der Waals surface area contributed by atoms with Gasteiger partial charge in [0.25, 0.3) is 5.91 Å². The highest BCUT2D eigenvalue weighted by Gasteiger charge is 2.23. The van der Waals surface area contributed by atoms with Crippen molar-refractivity contribution < 1.29 is 23.8 Å². The number of benzene rings is 4. The van der Waals surface area contributed by atoms with E-state index in [1.807, 2.05) is 49.4 Å². The second-order valence-electron chi connectivity index (χ2n) is 9.24. The van der Waals surface area contributed by atoms with Crippen molar-refractivity contribution in [2.45, 2.75) is 13.5 Å². The lowest BCUT2D eigenvalue weighted by Gasteiger charge is -2.21. The first-order valence-electron chi connectivity index (χ1n) is 13.0. The highest BCUT2D eigenvalue weighted by molar-refractivity contribution is 6.12. The summed E-state index contributed by atoms with van der Waals surface area (Å²) in [6.07, 6.45) is 0.924. The van der Waals surface area contributed by atoms with Crippen LogP contribution in [0.15, 0.2) is 91.5 Å². The van der Waals surface area contributed by atoms with Gasteiger partial charge in [-0.05, 0) is 59.5 Å². The molecule has 0 aliphatic carbocycles. The van der Waals surface area contributed by atoms with Gasteiger partial charge in [0.2, 0.25) is 0 Å². The van der Waals surface area contributed by atoms with Gasteiger partial charge < -0.3 is 30.6 Å². The third-order valence-electron chi connectivity index (χ3n) is 6.51. The summed E-state index contributed by atoms with van der Waals surface area (Å²) < 4.78 is 16.2. The average molecular weight is 552 g/mol. The van der Waals surface area contributed by atoms with E-state index in [0.717, 1.165) is 27.8 Å². The molecule has 4 rings (SSSR count). The van der Waals surface area contributed by atoms with Crippen LogP contribution in [0.25, 0.3) is 22.3 Å². The highest BCUT2D eigenvalue weighted by atomic mass is 16.5. The molecule has 0 atom stereocenters.